The van der Waals surface area contributed by atoms with Gasteiger partial charge in [0, 0.05) is 12.4 Å². The van der Waals surface area contributed by atoms with E-state index in [0.29, 0.717) is 5.56 Å². The maximum absolute atomic E-state index is 12.0. The van der Waals surface area contributed by atoms with Gasteiger partial charge in [0.1, 0.15) is 5.38 Å². The Morgan fingerprint density at radius 1 is 1.31 bits per heavy atom. The summed E-state index contributed by atoms with van der Waals surface area (Å²) in [6, 6.07) is 3.03. The molecule has 0 aromatic carbocycles. The van der Waals surface area contributed by atoms with Crippen molar-refractivity contribution in [1.82, 2.24) is 4.98 Å². The fourth-order valence-corrected chi connectivity index (χ4v) is 1.02. The van der Waals surface area contributed by atoms with Gasteiger partial charge in [-0.25, -0.2) is 0 Å². The molecule has 13 heavy (non-hydrogen) atoms. The molecule has 1 aromatic heterocycles. The van der Waals surface area contributed by atoms with E-state index in [2.05, 4.69) is 4.98 Å². The Labute approximate surface area is 78.5 Å². The lowest BCUT2D eigenvalue weighted by molar-refractivity contribution is -0.130. The molecule has 0 amide bonds. The molecule has 1 nitrogen and oxygen atoms in total. The first-order valence-corrected chi connectivity index (χ1v) is 4.03. The van der Waals surface area contributed by atoms with Gasteiger partial charge in [-0.15, -0.1) is 11.6 Å². The van der Waals surface area contributed by atoms with Crippen LogP contribution in [0.15, 0.2) is 24.5 Å². The van der Waals surface area contributed by atoms with Crippen molar-refractivity contribution in [3.05, 3.63) is 30.1 Å². The SMILES string of the molecule is FC(F)(F)C(Cl)Cc1ccncc1. The van der Waals surface area contributed by atoms with E-state index >= 15 is 0 Å². The minimum Gasteiger partial charge on any atom is -0.265 e. The normalized spacial score (nSPS) is 14.2. The number of hydrogen-bond acceptors (Lipinski definition) is 1. The van der Waals surface area contributed by atoms with E-state index in [1.807, 2.05) is 0 Å². The largest absolute Gasteiger partial charge is 0.405 e. The van der Waals surface area contributed by atoms with E-state index in [0.717, 1.165) is 0 Å². The van der Waals surface area contributed by atoms with Crippen LogP contribution in [0.3, 0.4) is 0 Å². The second-order valence-corrected chi connectivity index (χ2v) is 3.10. The Bertz CT molecular complexity index is 260. The molecule has 0 bridgehead atoms. The van der Waals surface area contributed by atoms with E-state index in [1.165, 1.54) is 24.5 Å². The topological polar surface area (TPSA) is 12.9 Å². The van der Waals surface area contributed by atoms with Crippen molar-refractivity contribution in [2.24, 2.45) is 0 Å². The zero-order valence-corrected chi connectivity index (χ0v) is 7.31. The second kappa shape index (κ2) is 3.96. The van der Waals surface area contributed by atoms with Crippen molar-refractivity contribution < 1.29 is 13.2 Å². The van der Waals surface area contributed by atoms with Crippen LogP contribution in [-0.2, 0) is 6.42 Å². The Morgan fingerprint density at radius 3 is 2.31 bits per heavy atom. The van der Waals surface area contributed by atoms with Crippen molar-refractivity contribution in [2.75, 3.05) is 0 Å². The van der Waals surface area contributed by atoms with Crippen molar-refractivity contribution in [1.29, 1.82) is 0 Å². The molecule has 0 spiro atoms. The van der Waals surface area contributed by atoms with Crippen LogP contribution >= 0.6 is 11.6 Å². The van der Waals surface area contributed by atoms with Gasteiger partial charge in [0.25, 0.3) is 0 Å². The van der Waals surface area contributed by atoms with Gasteiger partial charge in [0.15, 0.2) is 0 Å². The molecule has 0 saturated heterocycles. The minimum atomic E-state index is -4.34. The Kier molecular flexibility index (Phi) is 3.14. The molecular formula is C8H7ClF3N. The van der Waals surface area contributed by atoms with Crippen LogP contribution in [-0.4, -0.2) is 16.5 Å². The van der Waals surface area contributed by atoms with Gasteiger partial charge >= 0.3 is 6.18 Å². The molecule has 0 N–H and O–H groups in total. The van der Waals surface area contributed by atoms with Crippen LogP contribution in [0.2, 0.25) is 0 Å². The van der Waals surface area contributed by atoms with E-state index < -0.39 is 11.6 Å². The summed E-state index contributed by atoms with van der Waals surface area (Å²) in [5, 5.41) is -1.82. The Hall–Kier alpha value is -0.770. The number of alkyl halides is 4. The van der Waals surface area contributed by atoms with Gasteiger partial charge in [-0.2, -0.15) is 13.2 Å². The highest BCUT2D eigenvalue weighted by Gasteiger charge is 2.37. The quantitative estimate of drug-likeness (QED) is 0.683. The van der Waals surface area contributed by atoms with Crippen LogP contribution < -0.4 is 0 Å². The molecule has 0 radical (unpaired) electrons. The summed E-state index contributed by atoms with van der Waals surface area (Å²) in [5.41, 5.74) is 0.535. The molecule has 1 heterocycles. The van der Waals surface area contributed by atoms with Crippen molar-refractivity contribution in [2.45, 2.75) is 18.0 Å². The van der Waals surface area contributed by atoms with Gasteiger partial charge < -0.3 is 0 Å². The maximum atomic E-state index is 12.0. The molecule has 1 aromatic rings. The Balaban J connectivity index is 2.61. The number of pyridine rings is 1. The summed E-state index contributed by atoms with van der Waals surface area (Å²) in [6.45, 7) is 0. The lowest BCUT2D eigenvalue weighted by atomic mass is 10.1. The molecule has 0 aliphatic rings. The highest BCUT2D eigenvalue weighted by Crippen LogP contribution is 2.27. The first-order chi connectivity index (χ1) is 6.00. The molecule has 1 unspecified atom stereocenters. The predicted molar refractivity (Wildman–Crippen MR) is 43.6 cm³/mol. The zero-order valence-electron chi connectivity index (χ0n) is 6.55. The standard InChI is InChI=1S/C8H7ClF3N/c9-7(8(10,11)12)5-6-1-3-13-4-2-6/h1-4,7H,5H2. The molecule has 5 heteroatoms. The number of aromatic nitrogens is 1. The van der Waals surface area contributed by atoms with E-state index in [4.69, 9.17) is 11.6 Å². The molecule has 0 aliphatic carbocycles. The maximum Gasteiger partial charge on any atom is 0.405 e. The molecule has 1 atom stereocenters. The Morgan fingerprint density at radius 2 is 1.85 bits per heavy atom. The highest BCUT2D eigenvalue weighted by atomic mass is 35.5. The van der Waals surface area contributed by atoms with Gasteiger partial charge in [-0.3, -0.25) is 4.98 Å². The van der Waals surface area contributed by atoms with Crippen molar-refractivity contribution >= 4 is 11.6 Å². The summed E-state index contributed by atoms with van der Waals surface area (Å²) in [6.07, 6.45) is -1.68. The average molecular weight is 210 g/mol. The van der Waals surface area contributed by atoms with Crippen molar-refractivity contribution in [3.8, 4) is 0 Å². The minimum absolute atomic E-state index is 0.215. The van der Waals surface area contributed by atoms with Crippen molar-refractivity contribution in [3.63, 3.8) is 0 Å². The predicted octanol–water partition coefficient (Wildman–Crippen LogP) is 2.79. The molecule has 1 rings (SSSR count). The number of hydrogen-bond donors (Lipinski definition) is 0. The third kappa shape index (κ3) is 3.22. The third-order valence-electron chi connectivity index (χ3n) is 1.52. The van der Waals surface area contributed by atoms with Gasteiger partial charge in [0.05, 0.1) is 0 Å². The molecule has 0 saturated carbocycles. The summed E-state index contributed by atoms with van der Waals surface area (Å²) >= 11 is 5.15. The molecule has 72 valence electrons. The first-order valence-electron chi connectivity index (χ1n) is 3.60. The van der Waals surface area contributed by atoms with Gasteiger partial charge in [-0.1, -0.05) is 0 Å². The van der Waals surface area contributed by atoms with Crippen LogP contribution in [0, 0.1) is 0 Å². The molecule has 0 aliphatic heterocycles. The van der Waals surface area contributed by atoms with Crippen LogP contribution in [0.4, 0.5) is 13.2 Å². The number of nitrogens with zero attached hydrogens (tertiary/aromatic N) is 1. The first kappa shape index (κ1) is 10.3. The summed E-state index contributed by atoms with van der Waals surface area (Å²) in [4.78, 5) is 3.69. The average Bonchev–Trinajstić information content (AvgIpc) is 2.04. The summed E-state index contributed by atoms with van der Waals surface area (Å²) < 4.78 is 36.0. The number of rotatable bonds is 2. The molecule has 0 fully saturated rings. The van der Waals surface area contributed by atoms with Crippen LogP contribution in [0.5, 0.6) is 0 Å². The number of halogens is 4. The van der Waals surface area contributed by atoms with Gasteiger partial charge in [0.2, 0.25) is 0 Å². The summed E-state index contributed by atoms with van der Waals surface area (Å²) in [7, 11) is 0. The lowest BCUT2D eigenvalue weighted by Crippen LogP contribution is -2.25. The fraction of sp³-hybridized carbons (Fsp3) is 0.375. The lowest BCUT2D eigenvalue weighted by Gasteiger charge is -2.12. The monoisotopic (exact) mass is 209 g/mol. The summed E-state index contributed by atoms with van der Waals surface area (Å²) in [5.74, 6) is 0. The fourth-order valence-electron chi connectivity index (χ4n) is 0.842. The molecular weight excluding hydrogens is 203 g/mol. The van der Waals surface area contributed by atoms with Crippen LogP contribution in [0.25, 0.3) is 0 Å². The van der Waals surface area contributed by atoms with Gasteiger partial charge in [-0.05, 0) is 24.1 Å². The van der Waals surface area contributed by atoms with E-state index in [1.54, 1.807) is 0 Å². The zero-order chi connectivity index (χ0) is 9.90. The highest BCUT2D eigenvalue weighted by molar-refractivity contribution is 6.21. The smallest absolute Gasteiger partial charge is 0.265 e. The van der Waals surface area contributed by atoms with Crippen LogP contribution in [0.1, 0.15) is 5.56 Å². The van der Waals surface area contributed by atoms with E-state index in [9.17, 15) is 13.2 Å². The van der Waals surface area contributed by atoms with E-state index in [-0.39, 0.29) is 6.42 Å². The second-order valence-electron chi connectivity index (χ2n) is 2.57. The third-order valence-corrected chi connectivity index (χ3v) is 1.92.